The summed E-state index contributed by atoms with van der Waals surface area (Å²) in [5.74, 6) is 2.45. The number of imidazole rings is 1. The Morgan fingerprint density at radius 3 is 2.70 bits per heavy atom. The summed E-state index contributed by atoms with van der Waals surface area (Å²) in [5.41, 5.74) is 1.35. The van der Waals surface area contributed by atoms with Crippen LogP contribution in [0.25, 0.3) is 0 Å². The van der Waals surface area contributed by atoms with Crippen LogP contribution in [0.1, 0.15) is 55.5 Å². The molecule has 2 atom stereocenters. The van der Waals surface area contributed by atoms with Gasteiger partial charge >= 0.3 is 0 Å². The van der Waals surface area contributed by atoms with Gasteiger partial charge in [-0.3, -0.25) is 4.98 Å². The van der Waals surface area contributed by atoms with Crippen LogP contribution in [0.5, 0.6) is 0 Å². The minimum atomic E-state index is 0.419. The van der Waals surface area contributed by atoms with Crippen molar-refractivity contribution >= 4 is 0 Å². The Balaban J connectivity index is 1.53. The van der Waals surface area contributed by atoms with E-state index in [1.54, 1.807) is 0 Å². The standard InChI is InChI=1S/C19H25N3O/c1-2-4-16(5-3-1)19-21-10-11-22(19)18-14-23-13-17(18)12-15-6-8-20-9-7-15/h6-11,16-18H,1-5,12-14H2/t17-,18-/m1/s1. The first kappa shape index (κ1) is 14.9. The molecule has 1 saturated carbocycles. The first-order valence-electron chi connectivity index (χ1n) is 8.91. The van der Waals surface area contributed by atoms with Crippen molar-refractivity contribution in [2.45, 2.75) is 50.5 Å². The molecule has 0 aromatic carbocycles. The maximum atomic E-state index is 5.84. The van der Waals surface area contributed by atoms with Crippen LogP contribution in [0.15, 0.2) is 36.9 Å². The summed E-state index contributed by atoms with van der Waals surface area (Å²) in [4.78, 5) is 8.84. The molecule has 2 aromatic rings. The molecule has 122 valence electrons. The molecule has 1 aliphatic carbocycles. The first-order chi connectivity index (χ1) is 11.4. The second-order valence-corrected chi connectivity index (χ2v) is 6.95. The largest absolute Gasteiger partial charge is 0.379 e. The number of pyridine rings is 1. The molecule has 0 bridgehead atoms. The van der Waals surface area contributed by atoms with Crippen molar-refractivity contribution in [3.05, 3.63) is 48.3 Å². The Hall–Kier alpha value is -1.68. The highest BCUT2D eigenvalue weighted by atomic mass is 16.5. The van der Waals surface area contributed by atoms with E-state index in [-0.39, 0.29) is 0 Å². The van der Waals surface area contributed by atoms with Crippen molar-refractivity contribution in [3.63, 3.8) is 0 Å². The van der Waals surface area contributed by atoms with E-state index in [2.05, 4.69) is 27.9 Å². The minimum absolute atomic E-state index is 0.419. The molecule has 0 spiro atoms. The molecule has 0 radical (unpaired) electrons. The smallest absolute Gasteiger partial charge is 0.112 e. The van der Waals surface area contributed by atoms with Crippen LogP contribution in [-0.2, 0) is 11.2 Å². The molecule has 1 aliphatic heterocycles. The van der Waals surface area contributed by atoms with Gasteiger partial charge in [0.1, 0.15) is 5.82 Å². The number of hydrogen-bond acceptors (Lipinski definition) is 3. The number of ether oxygens (including phenoxy) is 1. The van der Waals surface area contributed by atoms with E-state index in [9.17, 15) is 0 Å². The number of aromatic nitrogens is 3. The molecule has 2 aliphatic rings. The van der Waals surface area contributed by atoms with Crippen molar-refractivity contribution in [1.82, 2.24) is 14.5 Å². The Labute approximate surface area is 137 Å². The van der Waals surface area contributed by atoms with E-state index in [4.69, 9.17) is 9.72 Å². The summed E-state index contributed by atoms with van der Waals surface area (Å²) >= 11 is 0. The first-order valence-corrected chi connectivity index (χ1v) is 8.91. The lowest BCUT2D eigenvalue weighted by Crippen LogP contribution is -2.23. The van der Waals surface area contributed by atoms with Gasteiger partial charge in [0.25, 0.3) is 0 Å². The fraction of sp³-hybridized carbons (Fsp3) is 0.579. The monoisotopic (exact) mass is 311 g/mol. The normalized spacial score (nSPS) is 25.7. The van der Waals surface area contributed by atoms with Crippen molar-refractivity contribution < 1.29 is 4.74 Å². The van der Waals surface area contributed by atoms with Gasteiger partial charge < -0.3 is 9.30 Å². The van der Waals surface area contributed by atoms with Gasteiger partial charge in [0, 0.05) is 36.6 Å². The second kappa shape index (κ2) is 6.83. The second-order valence-electron chi connectivity index (χ2n) is 6.95. The summed E-state index contributed by atoms with van der Waals surface area (Å²) in [7, 11) is 0. The van der Waals surface area contributed by atoms with E-state index in [1.807, 2.05) is 18.6 Å². The van der Waals surface area contributed by atoms with Gasteiger partial charge in [-0.05, 0) is 37.0 Å². The Morgan fingerprint density at radius 2 is 1.87 bits per heavy atom. The van der Waals surface area contributed by atoms with Gasteiger partial charge in [-0.15, -0.1) is 0 Å². The minimum Gasteiger partial charge on any atom is -0.379 e. The van der Waals surface area contributed by atoms with Crippen molar-refractivity contribution in [1.29, 1.82) is 0 Å². The summed E-state index contributed by atoms with van der Waals surface area (Å²) in [6.07, 6.45) is 15.6. The Kier molecular flexibility index (Phi) is 4.42. The van der Waals surface area contributed by atoms with Crippen LogP contribution in [0.3, 0.4) is 0 Å². The fourth-order valence-corrected chi connectivity index (χ4v) is 4.19. The quantitative estimate of drug-likeness (QED) is 0.863. The fourth-order valence-electron chi connectivity index (χ4n) is 4.19. The van der Waals surface area contributed by atoms with E-state index in [1.165, 1.54) is 43.5 Å². The van der Waals surface area contributed by atoms with E-state index in [0.29, 0.717) is 17.9 Å². The molecule has 2 fully saturated rings. The summed E-state index contributed by atoms with van der Waals surface area (Å²) in [6.45, 7) is 1.65. The molecule has 4 heteroatoms. The Morgan fingerprint density at radius 1 is 1.04 bits per heavy atom. The molecule has 23 heavy (non-hydrogen) atoms. The lowest BCUT2D eigenvalue weighted by molar-refractivity contribution is 0.180. The molecule has 4 rings (SSSR count). The molecule has 3 heterocycles. The third-order valence-electron chi connectivity index (χ3n) is 5.44. The predicted molar refractivity (Wildman–Crippen MR) is 89.3 cm³/mol. The van der Waals surface area contributed by atoms with Crippen molar-refractivity contribution in [2.24, 2.45) is 5.92 Å². The van der Waals surface area contributed by atoms with Crippen LogP contribution in [0.2, 0.25) is 0 Å². The van der Waals surface area contributed by atoms with E-state index < -0.39 is 0 Å². The zero-order valence-corrected chi connectivity index (χ0v) is 13.6. The zero-order chi connectivity index (χ0) is 15.5. The maximum Gasteiger partial charge on any atom is 0.112 e. The topological polar surface area (TPSA) is 39.9 Å². The average Bonchev–Trinajstić information content (AvgIpc) is 3.25. The predicted octanol–water partition coefficient (Wildman–Crippen LogP) is 3.76. The van der Waals surface area contributed by atoms with Gasteiger partial charge in [0.2, 0.25) is 0 Å². The van der Waals surface area contributed by atoms with E-state index >= 15 is 0 Å². The molecule has 1 saturated heterocycles. The molecular formula is C19H25N3O. The molecule has 0 amide bonds. The average molecular weight is 311 g/mol. The Bertz CT molecular complexity index is 619. The number of hydrogen-bond donors (Lipinski definition) is 0. The summed E-state index contributed by atoms with van der Waals surface area (Å²) < 4.78 is 8.27. The van der Waals surface area contributed by atoms with Gasteiger partial charge in [-0.25, -0.2) is 4.98 Å². The van der Waals surface area contributed by atoms with Gasteiger partial charge in [0.15, 0.2) is 0 Å². The van der Waals surface area contributed by atoms with Crippen molar-refractivity contribution in [2.75, 3.05) is 13.2 Å². The molecule has 0 unspecified atom stereocenters. The van der Waals surface area contributed by atoms with Gasteiger partial charge in [-0.1, -0.05) is 19.3 Å². The SMILES string of the molecule is c1cc(C[C@@H]2COC[C@H]2n2ccnc2C2CCCCC2)ccn1. The van der Waals surface area contributed by atoms with Gasteiger partial charge in [-0.2, -0.15) is 0 Å². The van der Waals surface area contributed by atoms with Crippen LogP contribution < -0.4 is 0 Å². The van der Waals surface area contributed by atoms with Crippen molar-refractivity contribution in [3.8, 4) is 0 Å². The zero-order valence-electron chi connectivity index (χ0n) is 13.6. The highest BCUT2D eigenvalue weighted by Gasteiger charge is 2.32. The lowest BCUT2D eigenvalue weighted by atomic mass is 9.88. The highest BCUT2D eigenvalue weighted by molar-refractivity contribution is 5.12. The third-order valence-corrected chi connectivity index (χ3v) is 5.44. The van der Waals surface area contributed by atoms with Gasteiger partial charge in [0.05, 0.1) is 19.3 Å². The summed E-state index contributed by atoms with van der Waals surface area (Å²) in [6, 6.07) is 4.65. The third kappa shape index (κ3) is 3.18. The number of nitrogens with zero attached hydrogens (tertiary/aromatic N) is 3. The molecule has 2 aromatic heterocycles. The highest BCUT2D eigenvalue weighted by Crippen LogP contribution is 2.36. The maximum absolute atomic E-state index is 5.84. The van der Waals surface area contributed by atoms with Crippen LogP contribution >= 0.6 is 0 Å². The summed E-state index contributed by atoms with van der Waals surface area (Å²) in [5, 5.41) is 0. The van der Waals surface area contributed by atoms with Crippen LogP contribution in [-0.4, -0.2) is 27.7 Å². The molecule has 4 nitrogen and oxygen atoms in total. The lowest BCUT2D eigenvalue weighted by Gasteiger charge is -2.26. The number of rotatable bonds is 4. The molecule has 0 N–H and O–H groups in total. The molecular weight excluding hydrogens is 286 g/mol. The van der Waals surface area contributed by atoms with Crippen LogP contribution in [0.4, 0.5) is 0 Å². The van der Waals surface area contributed by atoms with Crippen LogP contribution in [0, 0.1) is 5.92 Å². The van der Waals surface area contributed by atoms with E-state index in [0.717, 1.165) is 19.6 Å².